The number of fused-ring (bicyclic) bond motifs is 1. The standard InChI is InChI=1S/C18H25NO/c1-3-19-16-10-5-4-8-14(11-16)17-12-15-9-6-7-13(2)18(15)20-17/h6-7,9,12,14,16,19H,3-5,8,10-11H2,1-2H3. The number of benzene rings is 1. The highest BCUT2D eigenvalue weighted by Gasteiger charge is 2.23. The fraction of sp³-hybridized carbons (Fsp3) is 0.556. The molecule has 0 bridgehead atoms. The van der Waals surface area contributed by atoms with Crippen molar-refractivity contribution in [1.29, 1.82) is 0 Å². The normalized spacial score (nSPS) is 23.9. The molecule has 0 radical (unpaired) electrons. The predicted molar refractivity (Wildman–Crippen MR) is 84.2 cm³/mol. The van der Waals surface area contributed by atoms with E-state index in [0.29, 0.717) is 12.0 Å². The summed E-state index contributed by atoms with van der Waals surface area (Å²) in [5.74, 6) is 1.77. The Morgan fingerprint density at radius 2 is 2.10 bits per heavy atom. The molecule has 1 aliphatic rings. The minimum Gasteiger partial charge on any atom is -0.461 e. The molecule has 3 rings (SSSR count). The van der Waals surface area contributed by atoms with Crippen molar-refractivity contribution in [3.63, 3.8) is 0 Å². The Kier molecular flexibility index (Phi) is 4.11. The average molecular weight is 271 g/mol. The maximum absolute atomic E-state index is 6.19. The lowest BCUT2D eigenvalue weighted by molar-refractivity contribution is 0.406. The van der Waals surface area contributed by atoms with E-state index in [-0.39, 0.29) is 0 Å². The van der Waals surface area contributed by atoms with Crippen molar-refractivity contribution in [2.75, 3.05) is 6.54 Å². The lowest BCUT2D eigenvalue weighted by Gasteiger charge is -2.19. The van der Waals surface area contributed by atoms with E-state index in [1.807, 2.05) is 0 Å². The van der Waals surface area contributed by atoms with Gasteiger partial charge in [-0.1, -0.05) is 38.0 Å². The van der Waals surface area contributed by atoms with Crippen LogP contribution in [0.2, 0.25) is 0 Å². The van der Waals surface area contributed by atoms with Gasteiger partial charge >= 0.3 is 0 Å². The Bertz CT molecular complexity index is 572. The van der Waals surface area contributed by atoms with Crippen LogP contribution in [0, 0.1) is 6.92 Å². The summed E-state index contributed by atoms with van der Waals surface area (Å²) >= 11 is 0. The number of nitrogens with one attached hydrogen (secondary N) is 1. The molecule has 2 heteroatoms. The van der Waals surface area contributed by atoms with Gasteiger partial charge in [-0.3, -0.25) is 0 Å². The second kappa shape index (κ2) is 6.01. The highest BCUT2D eigenvalue weighted by molar-refractivity contribution is 5.81. The topological polar surface area (TPSA) is 25.2 Å². The van der Waals surface area contributed by atoms with Gasteiger partial charge in [0.15, 0.2) is 0 Å². The molecule has 1 aromatic carbocycles. The molecule has 2 atom stereocenters. The van der Waals surface area contributed by atoms with Crippen molar-refractivity contribution in [3.8, 4) is 0 Å². The average Bonchev–Trinajstić information content (AvgIpc) is 2.74. The summed E-state index contributed by atoms with van der Waals surface area (Å²) in [6, 6.07) is 9.33. The number of para-hydroxylation sites is 1. The van der Waals surface area contributed by atoms with Gasteiger partial charge in [-0.15, -0.1) is 0 Å². The number of aryl methyl sites for hydroxylation is 1. The molecule has 1 aromatic heterocycles. The molecule has 2 nitrogen and oxygen atoms in total. The largest absolute Gasteiger partial charge is 0.461 e. The third-order valence-corrected chi connectivity index (χ3v) is 4.58. The van der Waals surface area contributed by atoms with Crippen LogP contribution in [0.3, 0.4) is 0 Å². The maximum Gasteiger partial charge on any atom is 0.137 e. The summed E-state index contributed by atoms with van der Waals surface area (Å²) in [6.07, 6.45) is 6.45. The molecule has 0 saturated heterocycles. The molecule has 20 heavy (non-hydrogen) atoms. The van der Waals surface area contributed by atoms with Crippen molar-refractivity contribution in [1.82, 2.24) is 5.32 Å². The molecular formula is C18H25NO. The van der Waals surface area contributed by atoms with Crippen LogP contribution in [-0.4, -0.2) is 12.6 Å². The lowest BCUT2D eigenvalue weighted by atomic mass is 9.95. The summed E-state index contributed by atoms with van der Waals surface area (Å²) < 4.78 is 6.19. The summed E-state index contributed by atoms with van der Waals surface area (Å²) in [7, 11) is 0. The fourth-order valence-corrected chi connectivity index (χ4v) is 3.52. The van der Waals surface area contributed by atoms with Gasteiger partial charge in [0.05, 0.1) is 0 Å². The van der Waals surface area contributed by atoms with Crippen molar-refractivity contribution in [3.05, 3.63) is 35.6 Å². The van der Waals surface area contributed by atoms with Crippen LogP contribution in [0.25, 0.3) is 11.0 Å². The van der Waals surface area contributed by atoms with Crippen LogP contribution in [0.5, 0.6) is 0 Å². The van der Waals surface area contributed by atoms with Gasteiger partial charge in [0.25, 0.3) is 0 Å². The number of hydrogen-bond donors (Lipinski definition) is 1. The van der Waals surface area contributed by atoms with Crippen molar-refractivity contribution in [2.24, 2.45) is 0 Å². The SMILES string of the molecule is CCNC1CCCCC(c2cc3cccc(C)c3o2)C1. The fourth-order valence-electron chi connectivity index (χ4n) is 3.52. The van der Waals surface area contributed by atoms with Gasteiger partial charge in [-0.05, 0) is 44.4 Å². The maximum atomic E-state index is 6.19. The van der Waals surface area contributed by atoms with Gasteiger partial charge in [0.1, 0.15) is 11.3 Å². The van der Waals surface area contributed by atoms with Crippen molar-refractivity contribution in [2.45, 2.75) is 57.9 Å². The van der Waals surface area contributed by atoms with E-state index in [9.17, 15) is 0 Å². The first-order valence-corrected chi connectivity index (χ1v) is 8.00. The zero-order valence-electron chi connectivity index (χ0n) is 12.6. The summed E-state index contributed by atoms with van der Waals surface area (Å²) in [6.45, 7) is 5.39. The summed E-state index contributed by atoms with van der Waals surface area (Å²) in [5, 5.41) is 4.88. The van der Waals surface area contributed by atoms with Crippen LogP contribution >= 0.6 is 0 Å². The predicted octanol–water partition coefficient (Wildman–Crippen LogP) is 4.77. The Morgan fingerprint density at radius 3 is 2.90 bits per heavy atom. The van der Waals surface area contributed by atoms with Crippen LogP contribution in [0.1, 0.15) is 56.3 Å². The monoisotopic (exact) mass is 271 g/mol. The Hall–Kier alpha value is -1.28. The molecule has 108 valence electrons. The number of rotatable bonds is 3. The molecule has 2 unspecified atom stereocenters. The van der Waals surface area contributed by atoms with Gasteiger partial charge in [-0.2, -0.15) is 0 Å². The van der Waals surface area contributed by atoms with Crippen LogP contribution < -0.4 is 5.32 Å². The zero-order valence-corrected chi connectivity index (χ0v) is 12.6. The first-order valence-electron chi connectivity index (χ1n) is 8.00. The van der Waals surface area contributed by atoms with E-state index in [1.165, 1.54) is 48.8 Å². The first-order chi connectivity index (χ1) is 9.78. The second-order valence-corrected chi connectivity index (χ2v) is 6.11. The third kappa shape index (κ3) is 2.76. The van der Waals surface area contributed by atoms with Crippen LogP contribution in [0.4, 0.5) is 0 Å². The van der Waals surface area contributed by atoms with Crippen LogP contribution in [-0.2, 0) is 0 Å². The van der Waals surface area contributed by atoms with E-state index >= 15 is 0 Å². The van der Waals surface area contributed by atoms with E-state index < -0.39 is 0 Å². The molecule has 1 heterocycles. The number of hydrogen-bond acceptors (Lipinski definition) is 2. The summed E-state index contributed by atoms with van der Waals surface area (Å²) in [4.78, 5) is 0. The minimum atomic E-state index is 0.577. The molecule has 0 aliphatic heterocycles. The van der Waals surface area contributed by atoms with Crippen LogP contribution in [0.15, 0.2) is 28.7 Å². The van der Waals surface area contributed by atoms with Gasteiger partial charge in [0, 0.05) is 17.3 Å². The second-order valence-electron chi connectivity index (χ2n) is 6.11. The molecular weight excluding hydrogens is 246 g/mol. The minimum absolute atomic E-state index is 0.577. The molecule has 1 saturated carbocycles. The summed E-state index contributed by atoms with van der Waals surface area (Å²) in [5.41, 5.74) is 2.32. The number of furan rings is 1. The highest BCUT2D eigenvalue weighted by Crippen LogP contribution is 2.35. The van der Waals surface area contributed by atoms with Crippen molar-refractivity contribution >= 4 is 11.0 Å². The zero-order chi connectivity index (χ0) is 13.9. The molecule has 1 fully saturated rings. The van der Waals surface area contributed by atoms with E-state index in [4.69, 9.17) is 4.42 Å². The smallest absolute Gasteiger partial charge is 0.137 e. The molecule has 1 aliphatic carbocycles. The van der Waals surface area contributed by atoms with Crippen molar-refractivity contribution < 1.29 is 4.42 Å². The Labute approximate surface area is 121 Å². The van der Waals surface area contributed by atoms with E-state index in [2.05, 4.69) is 43.4 Å². The lowest BCUT2D eigenvalue weighted by Crippen LogP contribution is -2.29. The Balaban J connectivity index is 1.86. The molecule has 0 amide bonds. The van der Waals surface area contributed by atoms with Gasteiger partial charge < -0.3 is 9.73 Å². The highest BCUT2D eigenvalue weighted by atomic mass is 16.3. The molecule has 2 aromatic rings. The Morgan fingerprint density at radius 1 is 1.25 bits per heavy atom. The first kappa shape index (κ1) is 13.7. The van der Waals surface area contributed by atoms with Gasteiger partial charge in [-0.25, -0.2) is 0 Å². The third-order valence-electron chi connectivity index (χ3n) is 4.58. The van der Waals surface area contributed by atoms with Gasteiger partial charge in [0.2, 0.25) is 0 Å². The molecule has 1 N–H and O–H groups in total. The van der Waals surface area contributed by atoms with E-state index in [0.717, 1.165) is 12.1 Å². The van der Waals surface area contributed by atoms with E-state index in [1.54, 1.807) is 0 Å². The quantitative estimate of drug-likeness (QED) is 0.814. The molecule has 0 spiro atoms.